The summed E-state index contributed by atoms with van der Waals surface area (Å²) in [7, 11) is 0. The van der Waals surface area contributed by atoms with Crippen LogP contribution in [0.2, 0.25) is 0 Å². The van der Waals surface area contributed by atoms with E-state index in [9.17, 15) is 9.59 Å². The highest BCUT2D eigenvalue weighted by molar-refractivity contribution is 5.95. The number of nitrogens with one attached hydrogen (secondary N) is 2. The fraction of sp³-hybridized carbons (Fsp3) is 0.636. The molecule has 1 rings (SSSR count). The average molecular weight is 240 g/mol. The highest BCUT2D eigenvalue weighted by Crippen LogP contribution is 2.06. The largest absolute Gasteiger partial charge is 0.334 e. The Balaban J connectivity index is 2.20. The van der Waals surface area contributed by atoms with Crippen LogP contribution in [0.1, 0.15) is 12.8 Å². The second-order valence-corrected chi connectivity index (χ2v) is 4.16. The van der Waals surface area contributed by atoms with Gasteiger partial charge in [0.25, 0.3) is 0 Å². The van der Waals surface area contributed by atoms with E-state index in [2.05, 4.69) is 17.2 Å². The Bertz CT molecular complexity index is 285. The number of piperidine rings is 1. The van der Waals surface area contributed by atoms with Crippen LogP contribution in [-0.4, -0.2) is 49.1 Å². The third kappa shape index (κ3) is 5.46. The highest BCUT2D eigenvalue weighted by atomic mass is 16.2. The zero-order valence-electron chi connectivity index (χ0n) is 9.95. The standard InChI is InChI=1S/C11H20N4O2/c1-2-5-13-11(17)14-10(16)8-15-6-3-9(12)4-7-15/h2,9H,1,3-8,12H2,(H2,13,14,16,17). The molecule has 3 amide bonds. The Morgan fingerprint density at radius 1 is 1.41 bits per heavy atom. The molecule has 0 aromatic rings. The van der Waals surface area contributed by atoms with Gasteiger partial charge in [0.2, 0.25) is 5.91 Å². The van der Waals surface area contributed by atoms with E-state index in [1.165, 1.54) is 0 Å². The highest BCUT2D eigenvalue weighted by Gasteiger charge is 2.18. The summed E-state index contributed by atoms with van der Waals surface area (Å²) in [6.07, 6.45) is 3.35. The van der Waals surface area contributed by atoms with Crippen molar-refractivity contribution in [3.63, 3.8) is 0 Å². The Labute approximate surface area is 101 Å². The summed E-state index contributed by atoms with van der Waals surface area (Å²) >= 11 is 0. The third-order valence-corrected chi connectivity index (χ3v) is 2.66. The van der Waals surface area contributed by atoms with Crippen LogP contribution in [0.5, 0.6) is 0 Å². The van der Waals surface area contributed by atoms with Crippen molar-refractivity contribution >= 4 is 11.9 Å². The molecule has 1 aliphatic rings. The van der Waals surface area contributed by atoms with Gasteiger partial charge in [0.05, 0.1) is 6.54 Å². The predicted octanol–water partition coefficient (Wildman–Crippen LogP) is -0.579. The van der Waals surface area contributed by atoms with Gasteiger partial charge in [-0.1, -0.05) is 6.08 Å². The lowest BCUT2D eigenvalue weighted by Crippen LogP contribution is -2.47. The van der Waals surface area contributed by atoms with Crippen LogP contribution in [0, 0.1) is 0 Å². The van der Waals surface area contributed by atoms with Gasteiger partial charge < -0.3 is 11.1 Å². The van der Waals surface area contributed by atoms with Gasteiger partial charge in [-0.05, 0) is 12.8 Å². The maximum atomic E-state index is 11.5. The number of amides is 3. The number of hydrogen-bond acceptors (Lipinski definition) is 4. The molecule has 4 N–H and O–H groups in total. The molecule has 0 saturated carbocycles. The first-order valence-electron chi connectivity index (χ1n) is 5.78. The van der Waals surface area contributed by atoms with Crippen molar-refractivity contribution in [2.45, 2.75) is 18.9 Å². The minimum Gasteiger partial charge on any atom is -0.334 e. The molecule has 1 aliphatic heterocycles. The zero-order chi connectivity index (χ0) is 12.7. The van der Waals surface area contributed by atoms with Gasteiger partial charge in [0, 0.05) is 25.7 Å². The van der Waals surface area contributed by atoms with E-state index in [0.717, 1.165) is 25.9 Å². The van der Waals surface area contributed by atoms with Crippen molar-refractivity contribution in [1.29, 1.82) is 0 Å². The number of nitrogens with zero attached hydrogens (tertiary/aromatic N) is 1. The summed E-state index contributed by atoms with van der Waals surface area (Å²) < 4.78 is 0. The molecule has 96 valence electrons. The lowest BCUT2D eigenvalue weighted by atomic mass is 10.1. The lowest BCUT2D eigenvalue weighted by Gasteiger charge is -2.29. The first-order chi connectivity index (χ1) is 8.11. The lowest BCUT2D eigenvalue weighted by molar-refractivity contribution is -0.121. The van der Waals surface area contributed by atoms with Crippen LogP contribution in [0.4, 0.5) is 4.79 Å². The number of carbonyl (C=O) groups is 2. The molecule has 6 nitrogen and oxygen atoms in total. The van der Waals surface area contributed by atoms with Crippen molar-refractivity contribution < 1.29 is 9.59 Å². The summed E-state index contributed by atoms with van der Waals surface area (Å²) in [4.78, 5) is 24.7. The molecule has 6 heteroatoms. The molecule has 1 fully saturated rings. The molecule has 0 bridgehead atoms. The van der Waals surface area contributed by atoms with Gasteiger partial charge in [0.15, 0.2) is 0 Å². The predicted molar refractivity (Wildman–Crippen MR) is 65.4 cm³/mol. The first-order valence-corrected chi connectivity index (χ1v) is 5.78. The molecule has 1 heterocycles. The minimum absolute atomic E-state index is 0.241. The number of imide groups is 1. The number of carbonyl (C=O) groups excluding carboxylic acids is 2. The van der Waals surface area contributed by atoms with E-state index in [1.807, 2.05) is 4.90 Å². The topological polar surface area (TPSA) is 87.5 Å². The van der Waals surface area contributed by atoms with Gasteiger partial charge in [0.1, 0.15) is 0 Å². The molecule has 1 saturated heterocycles. The van der Waals surface area contributed by atoms with Gasteiger partial charge in [-0.15, -0.1) is 6.58 Å². The van der Waals surface area contributed by atoms with Crippen LogP contribution in [0.25, 0.3) is 0 Å². The normalized spacial score (nSPS) is 17.5. The van der Waals surface area contributed by atoms with Gasteiger partial charge >= 0.3 is 6.03 Å². The summed E-state index contributed by atoms with van der Waals surface area (Å²) in [6, 6.07) is -0.242. The maximum Gasteiger partial charge on any atom is 0.321 e. The third-order valence-electron chi connectivity index (χ3n) is 2.66. The Morgan fingerprint density at radius 2 is 2.06 bits per heavy atom. The van der Waals surface area contributed by atoms with Crippen molar-refractivity contribution in [3.8, 4) is 0 Å². The van der Waals surface area contributed by atoms with Crippen molar-refractivity contribution in [2.75, 3.05) is 26.2 Å². The summed E-state index contributed by atoms with van der Waals surface area (Å²) in [6.45, 7) is 5.67. The van der Waals surface area contributed by atoms with E-state index in [0.29, 0.717) is 6.54 Å². The minimum atomic E-state index is -0.483. The van der Waals surface area contributed by atoms with Gasteiger partial charge in [-0.3, -0.25) is 15.0 Å². The number of urea groups is 1. The molecular weight excluding hydrogens is 220 g/mol. The van der Waals surface area contributed by atoms with Crippen molar-refractivity contribution in [1.82, 2.24) is 15.5 Å². The first kappa shape index (κ1) is 13.7. The Kier molecular flexibility index (Phi) is 5.65. The second kappa shape index (κ2) is 7.03. The molecule has 0 aromatic carbocycles. The van der Waals surface area contributed by atoms with Crippen LogP contribution in [0.15, 0.2) is 12.7 Å². The molecule has 0 unspecified atom stereocenters. The van der Waals surface area contributed by atoms with Gasteiger partial charge in [-0.25, -0.2) is 4.79 Å². The number of nitrogens with two attached hydrogens (primary N) is 1. The molecular formula is C11H20N4O2. The number of rotatable bonds is 4. The van der Waals surface area contributed by atoms with Crippen LogP contribution < -0.4 is 16.4 Å². The van der Waals surface area contributed by atoms with E-state index in [4.69, 9.17) is 5.73 Å². The molecule has 0 aliphatic carbocycles. The average Bonchev–Trinajstić information content (AvgIpc) is 2.29. The molecule has 0 aromatic heterocycles. The van der Waals surface area contributed by atoms with Crippen LogP contribution >= 0.6 is 0 Å². The molecule has 0 radical (unpaired) electrons. The molecule has 0 spiro atoms. The van der Waals surface area contributed by atoms with E-state index < -0.39 is 6.03 Å². The molecule has 0 atom stereocenters. The smallest absolute Gasteiger partial charge is 0.321 e. The Hall–Kier alpha value is -1.40. The number of likely N-dealkylation sites (tertiary alicyclic amines) is 1. The van der Waals surface area contributed by atoms with E-state index >= 15 is 0 Å². The SMILES string of the molecule is C=CCNC(=O)NC(=O)CN1CCC(N)CC1. The summed E-state index contributed by atoms with van der Waals surface area (Å²) in [5.41, 5.74) is 5.76. The second-order valence-electron chi connectivity index (χ2n) is 4.16. The quantitative estimate of drug-likeness (QED) is 0.574. The van der Waals surface area contributed by atoms with Gasteiger partial charge in [-0.2, -0.15) is 0 Å². The molecule has 17 heavy (non-hydrogen) atoms. The van der Waals surface area contributed by atoms with Crippen molar-refractivity contribution in [2.24, 2.45) is 5.73 Å². The zero-order valence-corrected chi connectivity index (χ0v) is 9.95. The van der Waals surface area contributed by atoms with E-state index in [-0.39, 0.29) is 18.5 Å². The van der Waals surface area contributed by atoms with Crippen molar-refractivity contribution in [3.05, 3.63) is 12.7 Å². The summed E-state index contributed by atoms with van der Waals surface area (Å²) in [5.74, 6) is -0.290. The summed E-state index contributed by atoms with van der Waals surface area (Å²) in [5, 5.41) is 4.74. The Morgan fingerprint density at radius 3 is 2.65 bits per heavy atom. The van der Waals surface area contributed by atoms with E-state index in [1.54, 1.807) is 6.08 Å². The monoisotopic (exact) mass is 240 g/mol. The fourth-order valence-electron chi connectivity index (χ4n) is 1.69. The fourth-order valence-corrected chi connectivity index (χ4v) is 1.69. The van der Waals surface area contributed by atoms with Crippen LogP contribution in [0.3, 0.4) is 0 Å². The number of hydrogen-bond donors (Lipinski definition) is 3. The van der Waals surface area contributed by atoms with Crippen LogP contribution in [-0.2, 0) is 4.79 Å². The maximum absolute atomic E-state index is 11.5.